The van der Waals surface area contributed by atoms with Crippen molar-refractivity contribution in [3.8, 4) is 0 Å². The topological polar surface area (TPSA) is 37.4 Å². The molecule has 82 valence electrons. The summed E-state index contributed by atoms with van der Waals surface area (Å²) in [6.45, 7) is 3.53. The first-order valence-corrected chi connectivity index (χ1v) is 5.38. The average Bonchev–Trinajstić information content (AvgIpc) is 2.21. The van der Waals surface area contributed by atoms with Gasteiger partial charge >= 0.3 is 0 Å². The van der Waals surface area contributed by atoms with E-state index in [1.165, 1.54) is 6.92 Å². The number of nitrogens with zero attached hydrogens (tertiary/aromatic N) is 1. The second-order valence-electron chi connectivity index (χ2n) is 2.81. The van der Waals surface area contributed by atoms with E-state index in [1.807, 2.05) is 25.2 Å². The molecule has 0 bridgehead atoms. The number of imide groups is 1. The van der Waals surface area contributed by atoms with Gasteiger partial charge in [0.15, 0.2) is 0 Å². The van der Waals surface area contributed by atoms with Crippen LogP contribution in [0.5, 0.6) is 0 Å². The number of carbonyl (C=O) groups is 2. The van der Waals surface area contributed by atoms with Crippen molar-refractivity contribution in [1.29, 1.82) is 0 Å². The van der Waals surface area contributed by atoms with E-state index in [9.17, 15) is 9.59 Å². The molecule has 2 amide bonds. The molecular formula is C11H14BrNO2. The van der Waals surface area contributed by atoms with Gasteiger partial charge in [0.2, 0.25) is 12.3 Å². The summed E-state index contributed by atoms with van der Waals surface area (Å²) in [5.74, 6) is -0.261. The Kier molecular flexibility index (Phi) is 7.54. The van der Waals surface area contributed by atoms with Crippen molar-refractivity contribution in [1.82, 2.24) is 4.90 Å². The van der Waals surface area contributed by atoms with E-state index in [0.29, 0.717) is 13.0 Å². The van der Waals surface area contributed by atoms with Crippen LogP contribution in [0.2, 0.25) is 0 Å². The van der Waals surface area contributed by atoms with Crippen molar-refractivity contribution < 1.29 is 9.59 Å². The van der Waals surface area contributed by atoms with E-state index in [0.717, 1.165) is 10.5 Å². The number of rotatable bonds is 5. The molecule has 0 aromatic heterocycles. The zero-order valence-electron chi connectivity index (χ0n) is 8.81. The predicted molar refractivity (Wildman–Crippen MR) is 64.4 cm³/mol. The highest BCUT2D eigenvalue weighted by atomic mass is 79.9. The molecule has 0 aliphatic rings. The summed E-state index contributed by atoms with van der Waals surface area (Å²) in [6.07, 6.45) is 7.87. The first kappa shape index (κ1) is 13.8. The summed E-state index contributed by atoms with van der Waals surface area (Å²) in [6, 6.07) is 0. The number of carbonyl (C=O) groups excluding carboxylic acids is 2. The van der Waals surface area contributed by atoms with Crippen LogP contribution in [0.4, 0.5) is 0 Å². The summed E-state index contributed by atoms with van der Waals surface area (Å²) in [5.41, 5.74) is 0.885. The van der Waals surface area contributed by atoms with Gasteiger partial charge in [-0.05, 0) is 17.5 Å². The van der Waals surface area contributed by atoms with Gasteiger partial charge in [-0.3, -0.25) is 14.5 Å². The number of halogens is 1. The lowest BCUT2D eigenvalue weighted by Gasteiger charge is -2.13. The third-order valence-electron chi connectivity index (χ3n) is 1.65. The third kappa shape index (κ3) is 6.01. The molecule has 0 saturated carbocycles. The number of hydrogen-bond acceptors (Lipinski definition) is 2. The SMILES string of the molecule is C\C=C/C(=C\C=C\Br)CN(C=O)C(C)=O. The monoisotopic (exact) mass is 271 g/mol. The molecule has 0 fully saturated rings. The van der Waals surface area contributed by atoms with E-state index in [1.54, 1.807) is 11.1 Å². The highest BCUT2D eigenvalue weighted by molar-refractivity contribution is 9.11. The molecule has 0 atom stereocenters. The fourth-order valence-electron chi connectivity index (χ4n) is 0.955. The standard InChI is InChI=1S/C11H14BrNO2/c1-3-5-11(6-4-7-12)8-13(9-14)10(2)15/h3-7,9H,8H2,1-2H3/b5-3-,7-4+,11-6+. The summed E-state index contributed by atoms with van der Waals surface area (Å²) in [4.78, 5) is 24.4. The fraction of sp³-hybridized carbons (Fsp3) is 0.273. The first-order valence-electron chi connectivity index (χ1n) is 4.46. The second-order valence-corrected chi connectivity index (χ2v) is 3.34. The molecule has 3 nitrogen and oxygen atoms in total. The van der Waals surface area contributed by atoms with Crippen molar-refractivity contribution in [2.75, 3.05) is 6.54 Å². The minimum absolute atomic E-state index is 0.261. The van der Waals surface area contributed by atoms with Gasteiger partial charge in [-0.1, -0.05) is 40.2 Å². The van der Waals surface area contributed by atoms with Gasteiger partial charge in [-0.15, -0.1) is 0 Å². The normalized spacial score (nSPS) is 12.3. The highest BCUT2D eigenvalue weighted by Crippen LogP contribution is 2.02. The third-order valence-corrected chi connectivity index (χ3v) is 1.95. The van der Waals surface area contributed by atoms with Gasteiger partial charge in [0.05, 0.1) is 6.54 Å². The Balaban J connectivity index is 4.66. The fourth-order valence-corrected chi connectivity index (χ4v) is 1.11. The average molecular weight is 272 g/mol. The molecule has 0 heterocycles. The Hall–Kier alpha value is -1.16. The summed E-state index contributed by atoms with van der Waals surface area (Å²) in [5, 5.41) is 0. The molecule has 0 aromatic carbocycles. The van der Waals surface area contributed by atoms with E-state index in [2.05, 4.69) is 15.9 Å². The quantitative estimate of drug-likeness (QED) is 0.569. The molecule has 0 spiro atoms. The first-order chi connectivity index (χ1) is 7.15. The molecule has 0 aromatic rings. The van der Waals surface area contributed by atoms with Gasteiger partial charge in [-0.2, -0.15) is 0 Å². The van der Waals surface area contributed by atoms with Gasteiger partial charge < -0.3 is 0 Å². The van der Waals surface area contributed by atoms with Gasteiger partial charge in [0.25, 0.3) is 0 Å². The van der Waals surface area contributed by atoms with E-state index in [-0.39, 0.29) is 5.91 Å². The van der Waals surface area contributed by atoms with Crippen molar-refractivity contribution in [2.45, 2.75) is 13.8 Å². The maximum Gasteiger partial charge on any atom is 0.226 e. The molecule has 4 heteroatoms. The van der Waals surface area contributed by atoms with E-state index < -0.39 is 0 Å². The lowest BCUT2D eigenvalue weighted by Crippen LogP contribution is -2.28. The Morgan fingerprint density at radius 2 is 2.13 bits per heavy atom. The molecule has 0 aliphatic heterocycles. The van der Waals surface area contributed by atoms with Crippen LogP contribution >= 0.6 is 15.9 Å². The van der Waals surface area contributed by atoms with Crippen LogP contribution in [0.15, 0.2) is 34.9 Å². The molecular weight excluding hydrogens is 258 g/mol. The number of amides is 2. The predicted octanol–water partition coefficient (Wildman–Crippen LogP) is 2.40. The highest BCUT2D eigenvalue weighted by Gasteiger charge is 2.07. The summed E-state index contributed by atoms with van der Waals surface area (Å²) in [7, 11) is 0. The van der Waals surface area contributed by atoms with Crippen molar-refractivity contribution in [3.63, 3.8) is 0 Å². The molecule has 0 radical (unpaired) electrons. The van der Waals surface area contributed by atoms with Crippen molar-refractivity contribution in [3.05, 3.63) is 34.9 Å². The summed E-state index contributed by atoms with van der Waals surface area (Å²) < 4.78 is 0. The van der Waals surface area contributed by atoms with E-state index >= 15 is 0 Å². The van der Waals surface area contributed by atoms with Gasteiger partial charge in [0, 0.05) is 6.92 Å². The van der Waals surface area contributed by atoms with Crippen LogP contribution in [0.1, 0.15) is 13.8 Å². The maximum absolute atomic E-state index is 11.0. The Morgan fingerprint density at radius 3 is 2.53 bits per heavy atom. The smallest absolute Gasteiger partial charge is 0.226 e. The minimum Gasteiger partial charge on any atom is -0.281 e. The minimum atomic E-state index is -0.261. The van der Waals surface area contributed by atoms with Crippen molar-refractivity contribution >= 4 is 28.2 Å². The second kappa shape index (κ2) is 8.17. The Labute approximate surface area is 98.3 Å². The summed E-state index contributed by atoms with van der Waals surface area (Å²) >= 11 is 3.14. The van der Waals surface area contributed by atoms with Crippen molar-refractivity contribution in [2.24, 2.45) is 0 Å². The molecule has 0 unspecified atom stereocenters. The van der Waals surface area contributed by atoms with Gasteiger partial charge in [-0.25, -0.2) is 0 Å². The molecule has 0 aliphatic carbocycles. The van der Waals surface area contributed by atoms with Crippen LogP contribution in [0.3, 0.4) is 0 Å². The largest absolute Gasteiger partial charge is 0.281 e. The van der Waals surface area contributed by atoms with Crippen LogP contribution < -0.4 is 0 Å². The van der Waals surface area contributed by atoms with Gasteiger partial charge in [0.1, 0.15) is 0 Å². The maximum atomic E-state index is 11.0. The van der Waals surface area contributed by atoms with Crippen LogP contribution in [-0.4, -0.2) is 23.8 Å². The zero-order chi connectivity index (χ0) is 11.7. The number of hydrogen-bond donors (Lipinski definition) is 0. The number of allylic oxidation sites excluding steroid dienone is 3. The van der Waals surface area contributed by atoms with Crippen LogP contribution in [-0.2, 0) is 9.59 Å². The Morgan fingerprint density at radius 1 is 1.47 bits per heavy atom. The Bertz CT molecular complexity index is 306. The lowest BCUT2D eigenvalue weighted by atomic mass is 10.2. The van der Waals surface area contributed by atoms with E-state index in [4.69, 9.17) is 0 Å². The zero-order valence-corrected chi connectivity index (χ0v) is 10.4. The molecule has 0 rings (SSSR count). The van der Waals surface area contributed by atoms with Crippen LogP contribution in [0.25, 0.3) is 0 Å². The molecule has 0 saturated heterocycles. The van der Waals surface area contributed by atoms with Crippen LogP contribution in [0, 0.1) is 0 Å². The molecule has 0 N–H and O–H groups in total. The molecule has 15 heavy (non-hydrogen) atoms. The lowest BCUT2D eigenvalue weighted by molar-refractivity contribution is -0.135.